The van der Waals surface area contributed by atoms with Gasteiger partial charge in [0, 0.05) is 13.1 Å². The summed E-state index contributed by atoms with van der Waals surface area (Å²) >= 11 is 1.23. The minimum absolute atomic E-state index is 0.551. The van der Waals surface area contributed by atoms with Gasteiger partial charge in [0.05, 0.1) is 0 Å². The molecule has 0 radical (unpaired) electrons. The average Bonchev–Trinajstić information content (AvgIpc) is 2.41. The molecule has 1 aliphatic rings. The van der Waals surface area contributed by atoms with Gasteiger partial charge in [-0.1, -0.05) is 0 Å². The highest BCUT2D eigenvalue weighted by Crippen LogP contribution is 2.32. The zero-order chi connectivity index (χ0) is 10.3. The number of rotatable bonds is 1. The summed E-state index contributed by atoms with van der Waals surface area (Å²) in [6.45, 7) is 4.28. The summed E-state index contributed by atoms with van der Waals surface area (Å²) in [6, 6.07) is 2.76. The van der Waals surface area contributed by atoms with Crippen molar-refractivity contribution in [1.82, 2.24) is 4.98 Å². The van der Waals surface area contributed by atoms with Gasteiger partial charge >= 0.3 is 0 Å². The van der Waals surface area contributed by atoms with Gasteiger partial charge in [-0.3, -0.25) is 5.14 Å². The molecule has 4 heteroatoms. The van der Waals surface area contributed by atoms with E-state index in [0.717, 1.165) is 17.3 Å². The summed E-state index contributed by atoms with van der Waals surface area (Å²) in [5.74, 6) is 1.09. The molecule has 1 aliphatic heterocycles. The molecule has 1 unspecified atom stereocenters. The van der Waals surface area contributed by atoms with Gasteiger partial charge in [0.25, 0.3) is 0 Å². The van der Waals surface area contributed by atoms with Crippen LogP contribution in [0.5, 0.6) is 0 Å². The van der Waals surface area contributed by atoms with E-state index in [4.69, 9.17) is 5.14 Å². The molecule has 0 amide bonds. The molecule has 1 aromatic heterocycles. The SMILES string of the molecule is Cc1cc2c(nc1SN)N(C)C(C)C2. The maximum atomic E-state index is 5.56. The van der Waals surface area contributed by atoms with E-state index in [-0.39, 0.29) is 0 Å². The van der Waals surface area contributed by atoms with Crippen molar-refractivity contribution in [1.29, 1.82) is 0 Å². The lowest BCUT2D eigenvalue weighted by Gasteiger charge is -2.17. The van der Waals surface area contributed by atoms with Crippen molar-refractivity contribution < 1.29 is 0 Å². The minimum Gasteiger partial charge on any atom is -0.356 e. The van der Waals surface area contributed by atoms with Gasteiger partial charge in [-0.05, 0) is 49.4 Å². The fourth-order valence-corrected chi connectivity index (χ4v) is 2.27. The van der Waals surface area contributed by atoms with Crippen LogP contribution in [-0.2, 0) is 6.42 Å². The largest absolute Gasteiger partial charge is 0.356 e. The third-order valence-corrected chi connectivity index (χ3v) is 3.48. The first kappa shape index (κ1) is 9.80. The summed E-state index contributed by atoms with van der Waals surface area (Å²) in [6.07, 6.45) is 1.09. The molecular formula is C10H15N3S. The number of hydrogen-bond acceptors (Lipinski definition) is 4. The summed E-state index contributed by atoms with van der Waals surface area (Å²) in [7, 11) is 2.09. The van der Waals surface area contributed by atoms with Crippen molar-refractivity contribution in [2.24, 2.45) is 5.14 Å². The van der Waals surface area contributed by atoms with E-state index in [1.165, 1.54) is 23.1 Å². The Morgan fingerprint density at radius 2 is 2.36 bits per heavy atom. The zero-order valence-corrected chi connectivity index (χ0v) is 9.56. The van der Waals surface area contributed by atoms with E-state index in [9.17, 15) is 0 Å². The molecule has 1 atom stereocenters. The average molecular weight is 209 g/mol. The van der Waals surface area contributed by atoms with Crippen molar-refractivity contribution in [3.8, 4) is 0 Å². The number of pyridine rings is 1. The normalized spacial score (nSPS) is 20.0. The Morgan fingerprint density at radius 3 is 3.00 bits per heavy atom. The van der Waals surface area contributed by atoms with Crippen molar-refractivity contribution >= 4 is 17.8 Å². The maximum Gasteiger partial charge on any atom is 0.133 e. The number of fused-ring (bicyclic) bond motifs is 1. The van der Waals surface area contributed by atoms with E-state index in [1.807, 2.05) is 0 Å². The first-order valence-electron chi connectivity index (χ1n) is 4.73. The van der Waals surface area contributed by atoms with E-state index in [2.05, 4.69) is 36.8 Å². The smallest absolute Gasteiger partial charge is 0.133 e. The number of aryl methyl sites for hydroxylation is 1. The Kier molecular flexibility index (Phi) is 2.41. The number of nitrogens with zero attached hydrogens (tertiary/aromatic N) is 2. The third-order valence-electron chi connectivity index (χ3n) is 2.84. The third kappa shape index (κ3) is 1.38. The highest BCUT2D eigenvalue weighted by molar-refractivity contribution is 7.97. The molecule has 0 aliphatic carbocycles. The van der Waals surface area contributed by atoms with Crippen LogP contribution in [0.4, 0.5) is 5.82 Å². The molecule has 1 aromatic rings. The van der Waals surface area contributed by atoms with Crippen LogP contribution in [0.25, 0.3) is 0 Å². The Morgan fingerprint density at radius 1 is 1.64 bits per heavy atom. The van der Waals surface area contributed by atoms with Gasteiger partial charge in [0.2, 0.25) is 0 Å². The number of nitrogens with two attached hydrogens (primary N) is 1. The quantitative estimate of drug-likeness (QED) is 0.715. The van der Waals surface area contributed by atoms with Crippen LogP contribution in [0.2, 0.25) is 0 Å². The zero-order valence-electron chi connectivity index (χ0n) is 8.74. The summed E-state index contributed by atoms with van der Waals surface area (Å²) < 4.78 is 0. The van der Waals surface area contributed by atoms with Gasteiger partial charge in [-0.25, -0.2) is 4.98 Å². The fourth-order valence-electron chi connectivity index (χ4n) is 1.88. The highest BCUT2D eigenvalue weighted by atomic mass is 32.2. The second-order valence-corrected chi connectivity index (χ2v) is 4.50. The van der Waals surface area contributed by atoms with Crippen LogP contribution in [0.15, 0.2) is 11.1 Å². The standard InChI is InChI=1S/C10H15N3S/c1-6-4-8-5-7(2)13(3)9(8)12-10(6)14-11/h4,7H,5,11H2,1-3H3. The van der Waals surface area contributed by atoms with Gasteiger partial charge in [-0.2, -0.15) is 0 Å². The van der Waals surface area contributed by atoms with Crippen molar-refractivity contribution in [3.05, 3.63) is 17.2 Å². The van der Waals surface area contributed by atoms with Gasteiger partial charge < -0.3 is 4.90 Å². The van der Waals surface area contributed by atoms with Crippen LogP contribution in [0, 0.1) is 6.92 Å². The van der Waals surface area contributed by atoms with Crippen molar-refractivity contribution in [2.75, 3.05) is 11.9 Å². The molecule has 0 spiro atoms. The number of anilines is 1. The topological polar surface area (TPSA) is 42.1 Å². The van der Waals surface area contributed by atoms with Crippen molar-refractivity contribution in [3.63, 3.8) is 0 Å². The summed E-state index contributed by atoms with van der Waals surface area (Å²) in [5.41, 5.74) is 2.52. The molecule has 2 N–H and O–H groups in total. The monoisotopic (exact) mass is 209 g/mol. The lowest BCUT2D eigenvalue weighted by molar-refractivity contribution is 0.727. The summed E-state index contributed by atoms with van der Waals surface area (Å²) in [5, 5.41) is 6.50. The predicted octanol–water partition coefficient (Wildman–Crippen LogP) is 1.74. The van der Waals surface area contributed by atoms with Gasteiger partial charge in [0.1, 0.15) is 10.8 Å². The first-order chi connectivity index (χ1) is 6.63. The van der Waals surface area contributed by atoms with Crippen LogP contribution >= 0.6 is 11.9 Å². The molecular weight excluding hydrogens is 194 g/mol. The molecule has 0 saturated heterocycles. The van der Waals surface area contributed by atoms with E-state index < -0.39 is 0 Å². The lowest BCUT2D eigenvalue weighted by atomic mass is 10.1. The van der Waals surface area contributed by atoms with Crippen LogP contribution in [0.3, 0.4) is 0 Å². The van der Waals surface area contributed by atoms with Crippen LogP contribution in [0.1, 0.15) is 18.1 Å². The predicted molar refractivity (Wildman–Crippen MR) is 60.6 cm³/mol. The molecule has 3 nitrogen and oxygen atoms in total. The second kappa shape index (κ2) is 3.44. The summed E-state index contributed by atoms with van der Waals surface area (Å²) in [4.78, 5) is 6.78. The van der Waals surface area contributed by atoms with E-state index >= 15 is 0 Å². The Hall–Kier alpha value is -0.740. The molecule has 2 rings (SSSR count). The highest BCUT2D eigenvalue weighted by Gasteiger charge is 2.25. The van der Waals surface area contributed by atoms with Crippen LogP contribution < -0.4 is 10.0 Å². The number of likely N-dealkylation sites (N-methyl/N-ethyl adjacent to an activating group) is 1. The molecule has 76 valence electrons. The Labute approximate surface area is 88.8 Å². The van der Waals surface area contributed by atoms with E-state index in [1.54, 1.807) is 0 Å². The Bertz CT molecular complexity index is 365. The molecule has 0 fully saturated rings. The molecule has 14 heavy (non-hydrogen) atoms. The molecule has 0 saturated carbocycles. The number of hydrogen-bond donors (Lipinski definition) is 1. The molecule has 0 bridgehead atoms. The lowest BCUT2D eigenvalue weighted by Crippen LogP contribution is -2.24. The molecule has 0 aromatic carbocycles. The Balaban J connectivity index is 2.49. The number of aromatic nitrogens is 1. The maximum absolute atomic E-state index is 5.56. The van der Waals surface area contributed by atoms with Gasteiger partial charge in [0.15, 0.2) is 0 Å². The van der Waals surface area contributed by atoms with Gasteiger partial charge in [-0.15, -0.1) is 0 Å². The van der Waals surface area contributed by atoms with Crippen LogP contribution in [-0.4, -0.2) is 18.1 Å². The fraction of sp³-hybridized carbons (Fsp3) is 0.500. The second-order valence-electron chi connectivity index (χ2n) is 3.88. The van der Waals surface area contributed by atoms with E-state index in [0.29, 0.717) is 6.04 Å². The first-order valence-corrected chi connectivity index (χ1v) is 5.61. The van der Waals surface area contributed by atoms with Crippen molar-refractivity contribution in [2.45, 2.75) is 31.3 Å². The minimum atomic E-state index is 0.551. The molecule has 2 heterocycles.